The van der Waals surface area contributed by atoms with Crippen LogP contribution in [0.25, 0.3) is 5.69 Å². The first-order valence-corrected chi connectivity index (χ1v) is 8.76. The van der Waals surface area contributed by atoms with Crippen LogP contribution in [-0.2, 0) is 4.79 Å². The van der Waals surface area contributed by atoms with Gasteiger partial charge in [-0.3, -0.25) is 9.59 Å². The van der Waals surface area contributed by atoms with Crippen molar-refractivity contribution in [2.75, 3.05) is 13.6 Å². The van der Waals surface area contributed by atoms with Gasteiger partial charge in [0.25, 0.3) is 5.91 Å². The number of aryl methyl sites for hydroxylation is 1. The third-order valence-corrected chi connectivity index (χ3v) is 4.35. The summed E-state index contributed by atoms with van der Waals surface area (Å²) in [6, 6.07) is 7.07. The molecule has 0 atom stereocenters. The number of rotatable bonds is 4. The lowest BCUT2D eigenvalue weighted by molar-refractivity contribution is -0.122. The number of halogens is 1. The van der Waals surface area contributed by atoms with Gasteiger partial charge in [-0.15, -0.1) is 0 Å². The summed E-state index contributed by atoms with van der Waals surface area (Å²) in [5, 5.41) is 7.88. The molecule has 0 bridgehead atoms. The molecule has 0 aliphatic rings. The predicted molar refractivity (Wildman–Crippen MR) is 103 cm³/mol. The second kappa shape index (κ2) is 7.50. The molecule has 0 spiro atoms. The molecule has 0 unspecified atom stereocenters. The molecule has 0 aliphatic heterocycles. The number of carbonyl (C=O) groups is 2. The fourth-order valence-electron chi connectivity index (χ4n) is 2.59. The van der Waals surface area contributed by atoms with Gasteiger partial charge in [0, 0.05) is 18.2 Å². The molecule has 0 saturated heterocycles. The summed E-state index contributed by atoms with van der Waals surface area (Å²) >= 11 is 6.18. The minimum Gasteiger partial charge on any atom is -0.350 e. The zero-order valence-corrected chi connectivity index (χ0v) is 16.8. The molecule has 2 aromatic rings. The maximum atomic E-state index is 12.5. The number of hydrogen-bond donors (Lipinski definition) is 1. The summed E-state index contributed by atoms with van der Waals surface area (Å²) in [4.78, 5) is 25.9. The Kier molecular flexibility index (Phi) is 5.76. The zero-order chi connectivity index (χ0) is 19.6. The van der Waals surface area contributed by atoms with E-state index in [1.54, 1.807) is 23.9 Å². The van der Waals surface area contributed by atoms with E-state index in [2.05, 4.69) is 10.4 Å². The highest BCUT2D eigenvalue weighted by Crippen LogP contribution is 2.22. The van der Waals surface area contributed by atoms with Gasteiger partial charge < -0.3 is 10.2 Å². The van der Waals surface area contributed by atoms with Gasteiger partial charge in [-0.1, -0.05) is 11.6 Å². The Morgan fingerprint density at radius 1 is 1.19 bits per heavy atom. The molecule has 1 aromatic heterocycles. The fourth-order valence-corrected chi connectivity index (χ4v) is 2.70. The summed E-state index contributed by atoms with van der Waals surface area (Å²) in [5.41, 5.74) is 2.60. The Bertz CT molecular complexity index is 819. The standard InChI is InChI=1S/C19H25ClN4O2/c1-12-17(20)13(2)24(22-12)15-9-7-14(8-10-15)18(26)23(6)11-16(25)21-19(3,4)5/h7-10H,11H2,1-6H3,(H,21,25). The third-order valence-electron chi connectivity index (χ3n) is 3.80. The van der Waals surface area contributed by atoms with E-state index in [1.165, 1.54) is 4.90 Å². The normalized spacial score (nSPS) is 11.3. The van der Waals surface area contributed by atoms with E-state index in [1.807, 2.05) is 46.8 Å². The topological polar surface area (TPSA) is 67.2 Å². The molecule has 0 aliphatic carbocycles. The highest BCUT2D eigenvalue weighted by molar-refractivity contribution is 6.31. The third kappa shape index (κ3) is 4.64. The highest BCUT2D eigenvalue weighted by atomic mass is 35.5. The second-order valence-electron chi connectivity index (χ2n) is 7.40. The molecular formula is C19H25ClN4O2. The van der Waals surface area contributed by atoms with Crippen LogP contribution < -0.4 is 5.32 Å². The van der Waals surface area contributed by atoms with Crippen LogP contribution >= 0.6 is 11.6 Å². The summed E-state index contributed by atoms with van der Waals surface area (Å²) < 4.78 is 1.74. The average Bonchev–Trinajstić information content (AvgIpc) is 2.80. The quantitative estimate of drug-likeness (QED) is 0.891. The van der Waals surface area contributed by atoms with Crippen molar-refractivity contribution in [3.63, 3.8) is 0 Å². The molecule has 26 heavy (non-hydrogen) atoms. The van der Waals surface area contributed by atoms with Crippen LogP contribution in [0.3, 0.4) is 0 Å². The Morgan fingerprint density at radius 3 is 2.23 bits per heavy atom. The van der Waals surface area contributed by atoms with Gasteiger partial charge in [0.05, 0.1) is 28.6 Å². The van der Waals surface area contributed by atoms with Crippen LogP contribution in [0.2, 0.25) is 5.02 Å². The molecule has 0 fully saturated rings. The Hall–Kier alpha value is -2.34. The highest BCUT2D eigenvalue weighted by Gasteiger charge is 2.19. The Labute approximate surface area is 159 Å². The predicted octanol–water partition coefficient (Wildman–Crippen LogP) is 3.13. The van der Waals surface area contributed by atoms with Crippen molar-refractivity contribution in [3.05, 3.63) is 46.2 Å². The molecule has 6 nitrogen and oxygen atoms in total. The first kappa shape index (κ1) is 20.0. The number of nitrogens with one attached hydrogen (secondary N) is 1. The van der Waals surface area contributed by atoms with E-state index in [9.17, 15) is 9.59 Å². The molecule has 2 amide bonds. The summed E-state index contributed by atoms with van der Waals surface area (Å²) in [6.07, 6.45) is 0. The number of amides is 2. The molecule has 1 aromatic carbocycles. The SMILES string of the molecule is Cc1nn(-c2ccc(C(=O)N(C)CC(=O)NC(C)(C)C)cc2)c(C)c1Cl. The monoisotopic (exact) mass is 376 g/mol. The van der Waals surface area contributed by atoms with Gasteiger partial charge in [-0.2, -0.15) is 5.10 Å². The minimum absolute atomic E-state index is 0.00488. The van der Waals surface area contributed by atoms with E-state index >= 15 is 0 Å². The molecule has 0 saturated carbocycles. The van der Waals surface area contributed by atoms with E-state index in [-0.39, 0.29) is 23.9 Å². The number of carbonyl (C=O) groups excluding carboxylic acids is 2. The maximum absolute atomic E-state index is 12.5. The van der Waals surface area contributed by atoms with Crippen LogP contribution in [0.4, 0.5) is 0 Å². The average molecular weight is 377 g/mol. The molecule has 1 N–H and O–H groups in total. The lowest BCUT2D eigenvalue weighted by Crippen LogP contribution is -2.46. The number of hydrogen-bond acceptors (Lipinski definition) is 3. The van der Waals surface area contributed by atoms with Crippen molar-refractivity contribution < 1.29 is 9.59 Å². The minimum atomic E-state index is -0.330. The van der Waals surface area contributed by atoms with Crippen molar-refractivity contribution in [1.82, 2.24) is 20.0 Å². The fraction of sp³-hybridized carbons (Fsp3) is 0.421. The zero-order valence-electron chi connectivity index (χ0n) is 16.1. The van der Waals surface area contributed by atoms with Crippen molar-refractivity contribution in [1.29, 1.82) is 0 Å². The maximum Gasteiger partial charge on any atom is 0.254 e. The van der Waals surface area contributed by atoms with Gasteiger partial charge in [0.15, 0.2) is 0 Å². The Morgan fingerprint density at radius 2 is 1.77 bits per heavy atom. The van der Waals surface area contributed by atoms with Crippen LogP contribution in [0.15, 0.2) is 24.3 Å². The van der Waals surface area contributed by atoms with Gasteiger partial charge in [0.2, 0.25) is 5.91 Å². The molecule has 1 heterocycles. The van der Waals surface area contributed by atoms with E-state index in [4.69, 9.17) is 11.6 Å². The van der Waals surface area contributed by atoms with Gasteiger partial charge in [-0.25, -0.2) is 4.68 Å². The molecule has 0 radical (unpaired) electrons. The van der Waals surface area contributed by atoms with E-state index in [0.717, 1.165) is 17.1 Å². The summed E-state index contributed by atoms with van der Waals surface area (Å²) in [6.45, 7) is 9.44. The lowest BCUT2D eigenvalue weighted by atomic mass is 10.1. The Balaban J connectivity index is 2.11. The van der Waals surface area contributed by atoms with Crippen molar-refractivity contribution in [2.24, 2.45) is 0 Å². The smallest absolute Gasteiger partial charge is 0.254 e. The number of likely N-dealkylation sites (N-methyl/N-ethyl adjacent to an activating group) is 1. The largest absolute Gasteiger partial charge is 0.350 e. The van der Waals surface area contributed by atoms with Gasteiger partial charge in [-0.05, 0) is 58.9 Å². The van der Waals surface area contributed by atoms with Crippen LogP contribution in [0, 0.1) is 13.8 Å². The van der Waals surface area contributed by atoms with Crippen LogP contribution in [-0.4, -0.2) is 45.6 Å². The molecule has 140 valence electrons. The summed E-state index contributed by atoms with van der Waals surface area (Å²) in [7, 11) is 1.61. The number of nitrogens with zero attached hydrogens (tertiary/aromatic N) is 3. The molecule has 2 rings (SSSR count). The number of aromatic nitrogens is 2. The molecular weight excluding hydrogens is 352 g/mol. The van der Waals surface area contributed by atoms with Gasteiger partial charge in [0.1, 0.15) is 0 Å². The molecule has 7 heteroatoms. The number of benzene rings is 1. The van der Waals surface area contributed by atoms with Gasteiger partial charge >= 0.3 is 0 Å². The first-order valence-electron chi connectivity index (χ1n) is 8.38. The summed E-state index contributed by atoms with van der Waals surface area (Å²) in [5.74, 6) is -0.408. The van der Waals surface area contributed by atoms with E-state index < -0.39 is 0 Å². The van der Waals surface area contributed by atoms with Crippen molar-refractivity contribution >= 4 is 23.4 Å². The second-order valence-corrected chi connectivity index (χ2v) is 7.78. The van der Waals surface area contributed by atoms with E-state index in [0.29, 0.717) is 10.6 Å². The first-order chi connectivity index (χ1) is 12.0. The van der Waals surface area contributed by atoms with Crippen molar-refractivity contribution in [2.45, 2.75) is 40.2 Å². The van der Waals surface area contributed by atoms with Crippen molar-refractivity contribution in [3.8, 4) is 5.69 Å². The van der Waals surface area contributed by atoms with Crippen LogP contribution in [0.1, 0.15) is 42.5 Å². The lowest BCUT2D eigenvalue weighted by Gasteiger charge is -2.23. The van der Waals surface area contributed by atoms with Crippen LogP contribution in [0.5, 0.6) is 0 Å².